The molecule has 4 saturated heterocycles. The van der Waals surface area contributed by atoms with Crippen LogP contribution in [0, 0.1) is 0 Å². The fourth-order valence-electron chi connectivity index (χ4n) is 5.33. The van der Waals surface area contributed by atoms with Crippen LogP contribution in [0.1, 0.15) is 13.8 Å². The minimum atomic E-state index is -1.95. The summed E-state index contributed by atoms with van der Waals surface area (Å²) in [6.45, 7) is 0.0852. The Kier molecular flexibility index (Phi) is 13.2. The van der Waals surface area contributed by atoms with E-state index in [-0.39, 0.29) is 0 Å². The Morgan fingerprint density at radius 3 is 1.85 bits per heavy atom. The highest BCUT2D eigenvalue weighted by molar-refractivity contribution is 5.66. The van der Waals surface area contributed by atoms with Crippen LogP contribution in [0.4, 0.5) is 0 Å². The van der Waals surface area contributed by atoms with Crippen LogP contribution in [-0.4, -0.2) is 200 Å². The topological polar surface area (TPSA) is 320 Å². The molecule has 4 aliphatic heterocycles. The normalized spacial score (nSPS) is 47.7. The van der Waals surface area contributed by atoms with Gasteiger partial charge in [-0.1, -0.05) is 0 Å². The van der Waals surface area contributed by atoms with Crippen molar-refractivity contribution in [2.45, 2.75) is 124 Å². The van der Waals surface area contributed by atoms with E-state index >= 15 is 0 Å². The van der Waals surface area contributed by atoms with Crippen molar-refractivity contribution in [1.29, 1.82) is 0 Å². The van der Waals surface area contributed by atoms with Gasteiger partial charge < -0.3 is 93.7 Å². The van der Waals surface area contributed by atoms with Crippen molar-refractivity contribution in [2.75, 3.05) is 26.4 Å². The predicted octanol–water partition coefficient (Wildman–Crippen LogP) is -7.33. The van der Waals surface area contributed by atoms with Gasteiger partial charge in [-0.05, 0) is 0 Å². The first-order chi connectivity index (χ1) is 22.1. The highest BCUT2D eigenvalue weighted by atomic mass is 16.8. The molecule has 0 amide bonds. The molecule has 4 aliphatic rings. The van der Waals surface area contributed by atoms with E-state index in [0.29, 0.717) is 0 Å². The zero-order chi connectivity index (χ0) is 34.7. The van der Waals surface area contributed by atoms with E-state index in [9.17, 15) is 60.7 Å². The minimum Gasteiger partial charge on any atom is -0.463 e. The smallest absolute Gasteiger partial charge is 0.303 e. The zero-order valence-corrected chi connectivity index (χ0v) is 25.2. The lowest BCUT2D eigenvalue weighted by atomic mass is 9.98. The molecule has 10 N–H and O–H groups in total. The van der Waals surface area contributed by atoms with Crippen molar-refractivity contribution < 1.29 is 103 Å². The molecule has 0 radical (unpaired) electrons. The Morgan fingerprint density at radius 1 is 0.596 bits per heavy atom. The molecule has 0 aromatic heterocycles. The molecule has 0 saturated carbocycles. The fourth-order valence-corrected chi connectivity index (χ4v) is 5.33. The number of esters is 2. The monoisotopic (exact) mass is 690 g/mol. The molecule has 272 valence electrons. The molecule has 4 fully saturated rings. The Bertz CT molecular complexity index is 1030. The van der Waals surface area contributed by atoms with E-state index in [4.69, 9.17) is 42.6 Å². The summed E-state index contributed by atoms with van der Waals surface area (Å²) in [5.41, 5.74) is 0. The Hall–Kier alpha value is -1.74. The molecule has 18 unspecified atom stereocenters. The van der Waals surface area contributed by atoms with Gasteiger partial charge in [-0.15, -0.1) is 0 Å². The van der Waals surface area contributed by atoms with Crippen molar-refractivity contribution in [3.05, 3.63) is 0 Å². The molecule has 21 nitrogen and oxygen atoms in total. The number of rotatable bonds is 10. The van der Waals surface area contributed by atoms with E-state index in [0.717, 1.165) is 13.8 Å². The first kappa shape index (κ1) is 38.1. The number of carbonyl (C=O) groups excluding carboxylic acids is 2. The summed E-state index contributed by atoms with van der Waals surface area (Å²) >= 11 is 0. The summed E-state index contributed by atoms with van der Waals surface area (Å²) in [5, 5.41) is 104. The molecule has 0 aliphatic carbocycles. The summed E-state index contributed by atoms with van der Waals surface area (Å²) in [6.07, 6.45) is -30.3. The largest absolute Gasteiger partial charge is 0.463 e. The number of aliphatic hydroxyl groups excluding tert-OH is 10. The van der Waals surface area contributed by atoms with Gasteiger partial charge in [0, 0.05) is 13.8 Å². The van der Waals surface area contributed by atoms with Gasteiger partial charge in [0.25, 0.3) is 0 Å². The molecule has 4 rings (SSSR count). The molecule has 18 atom stereocenters. The molecule has 0 bridgehead atoms. The van der Waals surface area contributed by atoms with Gasteiger partial charge in [0.1, 0.15) is 86.0 Å². The van der Waals surface area contributed by atoms with Crippen molar-refractivity contribution in [2.24, 2.45) is 0 Å². The number of carbonyl (C=O) groups is 2. The Labute approximate surface area is 266 Å². The summed E-state index contributed by atoms with van der Waals surface area (Å²) in [6, 6.07) is 0. The second-order valence-corrected chi connectivity index (χ2v) is 11.5. The zero-order valence-electron chi connectivity index (χ0n) is 25.2. The molecule has 21 heteroatoms. The van der Waals surface area contributed by atoms with Crippen LogP contribution < -0.4 is 0 Å². The highest BCUT2D eigenvalue weighted by Crippen LogP contribution is 2.31. The van der Waals surface area contributed by atoms with Crippen molar-refractivity contribution in [3.63, 3.8) is 0 Å². The highest BCUT2D eigenvalue weighted by Gasteiger charge is 2.52. The first-order valence-electron chi connectivity index (χ1n) is 14.7. The van der Waals surface area contributed by atoms with Crippen LogP contribution in [0.15, 0.2) is 0 Å². The lowest BCUT2D eigenvalue weighted by molar-refractivity contribution is -0.368. The van der Waals surface area contributed by atoms with Gasteiger partial charge in [-0.3, -0.25) is 9.59 Å². The first-order valence-corrected chi connectivity index (χ1v) is 14.7. The van der Waals surface area contributed by atoms with E-state index in [1.807, 2.05) is 0 Å². The van der Waals surface area contributed by atoms with Crippen LogP contribution in [0.5, 0.6) is 0 Å². The molecular formula is C26H42O21. The number of hydrogen-bond acceptors (Lipinski definition) is 21. The molecule has 0 aromatic carbocycles. The third-order valence-electron chi connectivity index (χ3n) is 7.97. The molecule has 47 heavy (non-hydrogen) atoms. The minimum absolute atomic E-state index is 0.435. The van der Waals surface area contributed by atoms with Crippen molar-refractivity contribution in [3.8, 4) is 0 Å². The molecular weight excluding hydrogens is 648 g/mol. The van der Waals surface area contributed by atoms with Crippen LogP contribution in [-0.2, 0) is 52.2 Å². The van der Waals surface area contributed by atoms with E-state index in [1.54, 1.807) is 0 Å². The van der Waals surface area contributed by atoms with Crippen molar-refractivity contribution >= 4 is 11.9 Å². The summed E-state index contributed by atoms with van der Waals surface area (Å²) in [7, 11) is 0. The van der Waals surface area contributed by atoms with Crippen LogP contribution >= 0.6 is 0 Å². The van der Waals surface area contributed by atoms with Gasteiger partial charge in [-0.25, -0.2) is 0 Å². The maximum Gasteiger partial charge on any atom is 0.303 e. The Morgan fingerprint density at radius 2 is 1.19 bits per heavy atom. The van der Waals surface area contributed by atoms with Crippen LogP contribution in [0.2, 0.25) is 0 Å². The molecule has 0 spiro atoms. The number of ether oxygens (including phenoxy) is 9. The summed E-state index contributed by atoms with van der Waals surface area (Å²) in [5.74, 6) is -1.52. The molecule has 4 heterocycles. The summed E-state index contributed by atoms with van der Waals surface area (Å²) < 4.78 is 48.0. The second-order valence-electron chi connectivity index (χ2n) is 11.5. The quantitative estimate of drug-likeness (QED) is 0.0952. The predicted molar refractivity (Wildman–Crippen MR) is 141 cm³/mol. The lowest BCUT2D eigenvalue weighted by Crippen LogP contribution is -2.64. The SMILES string of the molecule is CC(=O)OCC1OC(OC2C(OCC3OC(O)C(OC4OCC(O)C(O)C4O)C(O)C3O)OCC(OC(C)=O)C2O)C(O)C(O)C1O. The van der Waals surface area contributed by atoms with Gasteiger partial charge in [-0.2, -0.15) is 0 Å². The number of aliphatic hydroxyl groups is 10. The van der Waals surface area contributed by atoms with Crippen LogP contribution in [0.25, 0.3) is 0 Å². The van der Waals surface area contributed by atoms with E-state index in [2.05, 4.69) is 0 Å². The lowest BCUT2D eigenvalue weighted by Gasteiger charge is -2.45. The fraction of sp³-hybridized carbons (Fsp3) is 0.923. The number of hydrogen-bond donors (Lipinski definition) is 10. The average molecular weight is 691 g/mol. The maximum atomic E-state index is 11.6. The third kappa shape index (κ3) is 8.90. The Balaban J connectivity index is 1.43. The van der Waals surface area contributed by atoms with Gasteiger partial charge in [0.2, 0.25) is 0 Å². The van der Waals surface area contributed by atoms with Gasteiger partial charge in [0.05, 0.1) is 19.8 Å². The average Bonchev–Trinajstić information content (AvgIpc) is 3.01. The van der Waals surface area contributed by atoms with Gasteiger partial charge in [0.15, 0.2) is 31.3 Å². The standard InChI is InChI=1S/C26H42O21/c1-7(27)39-4-11-14(31)17(34)20(37)25(45-11)47-22-16(33)12(43-8(2)28)6-42-26(22)41-5-10-15(32)18(35)21(23(38)44-10)46-24-19(36)13(30)9(29)3-40-24/h9-26,29-38H,3-6H2,1-2H3. The van der Waals surface area contributed by atoms with Crippen molar-refractivity contribution in [1.82, 2.24) is 0 Å². The van der Waals surface area contributed by atoms with Gasteiger partial charge >= 0.3 is 11.9 Å². The third-order valence-corrected chi connectivity index (χ3v) is 7.97. The summed E-state index contributed by atoms with van der Waals surface area (Å²) in [4.78, 5) is 22.8. The van der Waals surface area contributed by atoms with E-state index in [1.165, 1.54) is 0 Å². The second kappa shape index (κ2) is 16.3. The van der Waals surface area contributed by atoms with Crippen LogP contribution in [0.3, 0.4) is 0 Å². The van der Waals surface area contributed by atoms with E-state index < -0.39 is 149 Å². The maximum absolute atomic E-state index is 11.6. The molecule has 0 aromatic rings.